The number of rotatable bonds is 6. The van der Waals surface area contributed by atoms with Crippen LogP contribution in [0, 0.1) is 0 Å². The summed E-state index contributed by atoms with van der Waals surface area (Å²) in [4.78, 5) is 15.6. The minimum atomic E-state index is -0.349. The van der Waals surface area contributed by atoms with Crippen molar-refractivity contribution in [2.24, 2.45) is 0 Å². The molecule has 0 amide bonds. The quantitative estimate of drug-likeness (QED) is 0.597. The van der Waals surface area contributed by atoms with E-state index < -0.39 is 0 Å². The summed E-state index contributed by atoms with van der Waals surface area (Å²) < 4.78 is 4.96. The number of para-hydroxylation sites is 1. The molecule has 0 N–H and O–H groups in total. The van der Waals surface area contributed by atoms with E-state index in [2.05, 4.69) is 0 Å². The fourth-order valence-electron chi connectivity index (χ4n) is 2.15. The maximum Gasteiger partial charge on any atom is 0.332 e. The number of anilines is 3. The van der Waals surface area contributed by atoms with E-state index in [9.17, 15) is 4.79 Å². The summed E-state index contributed by atoms with van der Waals surface area (Å²) in [5.74, 6) is -0.349. The Bertz CT molecular complexity index is 649. The molecule has 2 rings (SSSR count). The molecule has 0 saturated carbocycles. The van der Waals surface area contributed by atoms with E-state index in [4.69, 9.17) is 4.74 Å². The van der Waals surface area contributed by atoms with Crippen LogP contribution in [0.5, 0.6) is 0 Å². The molecule has 23 heavy (non-hydrogen) atoms. The van der Waals surface area contributed by atoms with Crippen molar-refractivity contribution in [2.45, 2.75) is 6.92 Å². The highest BCUT2D eigenvalue weighted by atomic mass is 16.5. The van der Waals surface area contributed by atoms with Crippen LogP contribution in [0.4, 0.5) is 17.1 Å². The van der Waals surface area contributed by atoms with Gasteiger partial charge in [-0.05, 0) is 43.3 Å². The number of carbonyl (C=O) groups is 1. The van der Waals surface area contributed by atoms with Gasteiger partial charge in [0, 0.05) is 43.4 Å². The van der Waals surface area contributed by atoms with Crippen molar-refractivity contribution in [3.8, 4) is 0 Å². The number of hydrogen-bond donors (Lipinski definition) is 0. The normalized spacial score (nSPS) is 10.6. The molecule has 0 atom stereocenters. The van der Waals surface area contributed by atoms with Crippen molar-refractivity contribution >= 4 is 23.0 Å². The summed E-state index contributed by atoms with van der Waals surface area (Å²) >= 11 is 0. The Kier molecular flexibility index (Phi) is 5.80. The second kappa shape index (κ2) is 8.03. The smallest absolute Gasteiger partial charge is 0.332 e. The van der Waals surface area contributed by atoms with Gasteiger partial charge in [-0.2, -0.15) is 0 Å². The molecule has 4 nitrogen and oxygen atoms in total. The average molecular weight is 310 g/mol. The van der Waals surface area contributed by atoms with Crippen molar-refractivity contribution in [3.63, 3.8) is 0 Å². The van der Waals surface area contributed by atoms with Crippen LogP contribution < -0.4 is 9.80 Å². The lowest BCUT2D eigenvalue weighted by Gasteiger charge is -2.22. The zero-order valence-corrected chi connectivity index (χ0v) is 13.8. The lowest BCUT2D eigenvalue weighted by molar-refractivity contribution is -0.137. The standard InChI is InChI=1S/C19H22N2O2/c1-4-23-19(22)14-15-21(17-8-6-5-7-9-17)18-12-10-16(11-13-18)20(2)3/h5-15H,4H2,1-3H3/b15-14+. The first-order chi connectivity index (χ1) is 11.1. The number of ether oxygens (including phenoxy) is 1. The van der Waals surface area contributed by atoms with E-state index in [1.807, 2.05) is 78.5 Å². The van der Waals surface area contributed by atoms with Crippen LogP contribution in [0.25, 0.3) is 0 Å². The third-order valence-corrected chi connectivity index (χ3v) is 3.32. The largest absolute Gasteiger partial charge is 0.463 e. The van der Waals surface area contributed by atoms with Crippen molar-refractivity contribution in [3.05, 3.63) is 66.9 Å². The van der Waals surface area contributed by atoms with Crippen molar-refractivity contribution in [1.29, 1.82) is 0 Å². The lowest BCUT2D eigenvalue weighted by atomic mass is 10.2. The predicted octanol–water partition coefficient (Wildman–Crippen LogP) is 3.97. The fraction of sp³-hybridized carbons (Fsp3) is 0.211. The van der Waals surface area contributed by atoms with Gasteiger partial charge in [0.05, 0.1) is 6.61 Å². The second-order valence-electron chi connectivity index (χ2n) is 5.18. The minimum Gasteiger partial charge on any atom is -0.463 e. The summed E-state index contributed by atoms with van der Waals surface area (Å²) in [5.41, 5.74) is 3.07. The molecule has 0 unspecified atom stereocenters. The Balaban J connectivity index is 2.31. The molecular weight excluding hydrogens is 288 g/mol. The van der Waals surface area contributed by atoms with Gasteiger partial charge in [-0.15, -0.1) is 0 Å². The molecule has 0 bridgehead atoms. The third kappa shape index (κ3) is 4.61. The minimum absolute atomic E-state index is 0.349. The molecule has 0 aromatic heterocycles. The van der Waals surface area contributed by atoms with Gasteiger partial charge in [0.15, 0.2) is 0 Å². The third-order valence-electron chi connectivity index (χ3n) is 3.32. The Morgan fingerprint density at radius 3 is 2.09 bits per heavy atom. The highest BCUT2D eigenvalue weighted by Crippen LogP contribution is 2.27. The number of esters is 1. The summed E-state index contributed by atoms with van der Waals surface area (Å²) in [7, 11) is 4.01. The molecule has 120 valence electrons. The molecule has 2 aromatic carbocycles. The Morgan fingerprint density at radius 2 is 1.52 bits per heavy atom. The van der Waals surface area contributed by atoms with Crippen LogP contribution in [-0.2, 0) is 9.53 Å². The molecular formula is C19H22N2O2. The van der Waals surface area contributed by atoms with E-state index in [1.54, 1.807) is 13.1 Å². The van der Waals surface area contributed by atoms with Crippen LogP contribution in [0.3, 0.4) is 0 Å². The number of benzene rings is 2. The van der Waals surface area contributed by atoms with Gasteiger partial charge >= 0.3 is 5.97 Å². The Hall–Kier alpha value is -2.75. The molecule has 0 saturated heterocycles. The molecule has 0 aliphatic rings. The topological polar surface area (TPSA) is 32.8 Å². The first kappa shape index (κ1) is 16.6. The average Bonchev–Trinajstić information content (AvgIpc) is 2.57. The van der Waals surface area contributed by atoms with Gasteiger partial charge in [-0.3, -0.25) is 0 Å². The van der Waals surface area contributed by atoms with Crippen LogP contribution >= 0.6 is 0 Å². The van der Waals surface area contributed by atoms with Gasteiger partial charge in [0.2, 0.25) is 0 Å². The van der Waals surface area contributed by atoms with Crippen LogP contribution in [0.1, 0.15) is 6.92 Å². The van der Waals surface area contributed by atoms with Crippen LogP contribution in [0.15, 0.2) is 66.9 Å². The van der Waals surface area contributed by atoms with E-state index >= 15 is 0 Å². The number of hydrogen-bond acceptors (Lipinski definition) is 4. The monoisotopic (exact) mass is 310 g/mol. The molecule has 0 fully saturated rings. The maximum absolute atomic E-state index is 11.6. The number of carbonyl (C=O) groups excluding carboxylic acids is 1. The van der Waals surface area contributed by atoms with E-state index in [1.165, 1.54) is 6.08 Å². The van der Waals surface area contributed by atoms with Gasteiger partial charge in [0.1, 0.15) is 0 Å². The molecule has 0 aliphatic heterocycles. The molecule has 2 aromatic rings. The zero-order chi connectivity index (χ0) is 16.7. The maximum atomic E-state index is 11.6. The summed E-state index contributed by atoms with van der Waals surface area (Å²) in [6.07, 6.45) is 3.17. The van der Waals surface area contributed by atoms with E-state index in [0.717, 1.165) is 17.1 Å². The SMILES string of the molecule is CCOC(=O)/C=C/N(c1ccccc1)c1ccc(N(C)C)cc1. The van der Waals surface area contributed by atoms with Gasteiger partial charge in [-0.25, -0.2) is 4.79 Å². The highest BCUT2D eigenvalue weighted by molar-refractivity contribution is 5.83. The Morgan fingerprint density at radius 1 is 0.957 bits per heavy atom. The first-order valence-corrected chi connectivity index (χ1v) is 7.58. The molecule has 0 heterocycles. The second-order valence-corrected chi connectivity index (χ2v) is 5.18. The van der Waals surface area contributed by atoms with Crippen molar-refractivity contribution in [1.82, 2.24) is 0 Å². The lowest BCUT2D eigenvalue weighted by Crippen LogP contribution is -2.11. The first-order valence-electron chi connectivity index (χ1n) is 7.58. The molecule has 0 radical (unpaired) electrons. The summed E-state index contributed by atoms with van der Waals surface area (Å²) in [6.45, 7) is 2.16. The highest BCUT2D eigenvalue weighted by Gasteiger charge is 2.07. The van der Waals surface area contributed by atoms with Gasteiger partial charge in [-0.1, -0.05) is 18.2 Å². The van der Waals surface area contributed by atoms with E-state index in [0.29, 0.717) is 6.61 Å². The molecule has 0 spiro atoms. The molecule has 4 heteroatoms. The van der Waals surface area contributed by atoms with Gasteiger partial charge in [0.25, 0.3) is 0 Å². The van der Waals surface area contributed by atoms with Gasteiger partial charge < -0.3 is 14.5 Å². The predicted molar refractivity (Wildman–Crippen MR) is 95.1 cm³/mol. The summed E-state index contributed by atoms with van der Waals surface area (Å²) in [5, 5.41) is 0. The summed E-state index contributed by atoms with van der Waals surface area (Å²) in [6, 6.07) is 18.0. The zero-order valence-electron chi connectivity index (χ0n) is 13.8. The molecule has 0 aliphatic carbocycles. The van der Waals surface area contributed by atoms with Crippen LogP contribution in [0.2, 0.25) is 0 Å². The number of nitrogens with zero attached hydrogens (tertiary/aromatic N) is 2. The fourth-order valence-corrected chi connectivity index (χ4v) is 2.15. The Labute approximate surface area is 137 Å². The van der Waals surface area contributed by atoms with Crippen LogP contribution in [-0.4, -0.2) is 26.7 Å². The van der Waals surface area contributed by atoms with Crippen molar-refractivity contribution in [2.75, 3.05) is 30.5 Å². The van der Waals surface area contributed by atoms with E-state index in [-0.39, 0.29) is 5.97 Å². The van der Waals surface area contributed by atoms with Crippen molar-refractivity contribution < 1.29 is 9.53 Å².